The molecule has 406 valence electrons. The third kappa shape index (κ3) is 53.0. The molecule has 0 aromatic carbocycles. The first-order valence-electron chi connectivity index (χ1n) is 30.1. The van der Waals surface area contributed by atoms with Gasteiger partial charge in [-0.1, -0.05) is 276 Å². The maximum atomic E-state index is 13.0. The molecule has 0 aliphatic heterocycles. The SMILES string of the molecule is CCCCCCCCCCCCCC/C=C\CCCCCCCCCCCCCCCCCCC(=O)NC(COP(=O)(O)OCC[N+](C)(C)C)C(O)CCCCCCCCCCCCCCCC. The Kier molecular flexibility index (Phi) is 50.6. The minimum atomic E-state index is -4.32. The number of amides is 1. The number of unbranched alkanes of at least 4 members (excludes halogenated alkanes) is 41. The molecule has 0 radical (unpaired) electrons. The molecule has 0 aliphatic carbocycles. The molecule has 0 fully saturated rings. The molecule has 68 heavy (non-hydrogen) atoms. The zero-order valence-electron chi connectivity index (χ0n) is 46.4. The number of rotatable bonds is 56. The highest BCUT2D eigenvalue weighted by Gasteiger charge is 2.28. The van der Waals surface area contributed by atoms with Crippen LogP contribution in [0.3, 0.4) is 0 Å². The molecule has 0 aliphatic rings. The van der Waals surface area contributed by atoms with Gasteiger partial charge in [0.15, 0.2) is 0 Å². The fourth-order valence-corrected chi connectivity index (χ4v) is 10.0. The molecule has 3 unspecified atom stereocenters. The fraction of sp³-hybridized carbons (Fsp3) is 0.949. The molecule has 0 saturated heterocycles. The van der Waals surface area contributed by atoms with Crippen molar-refractivity contribution in [2.75, 3.05) is 40.9 Å². The summed E-state index contributed by atoms with van der Waals surface area (Å²) in [5, 5.41) is 14.0. The Morgan fingerprint density at radius 2 is 0.794 bits per heavy atom. The first kappa shape index (κ1) is 67.2. The van der Waals surface area contributed by atoms with Gasteiger partial charge in [-0.2, -0.15) is 0 Å². The van der Waals surface area contributed by atoms with Crippen LogP contribution in [-0.4, -0.2) is 73.4 Å². The Morgan fingerprint density at radius 3 is 1.13 bits per heavy atom. The summed E-state index contributed by atoms with van der Waals surface area (Å²) in [5.41, 5.74) is 0. The number of aliphatic hydroxyl groups is 1. The van der Waals surface area contributed by atoms with E-state index in [4.69, 9.17) is 9.05 Å². The van der Waals surface area contributed by atoms with Crippen LogP contribution in [0.4, 0.5) is 0 Å². The van der Waals surface area contributed by atoms with Gasteiger partial charge < -0.3 is 19.8 Å². The van der Waals surface area contributed by atoms with E-state index in [-0.39, 0.29) is 19.1 Å². The Balaban J connectivity index is 3.97. The predicted octanol–water partition coefficient (Wildman–Crippen LogP) is 18.2. The lowest BCUT2D eigenvalue weighted by Crippen LogP contribution is -2.46. The Hall–Kier alpha value is -0.760. The van der Waals surface area contributed by atoms with Crippen LogP contribution in [-0.2, 0) is 18.4 Å². The number of likely N-dealkylation sites (N-methyl/N-ethyl adjacent to an activating group) is 1. The molecule has 0 aromatic heterocycles. The van der Waals surface area contributed by atoms with Gasteiger partial charge in [-0.15, -0.1) is 0 Å². The first-order valence-corrected chi connectivity index (χ1v) is 31.5. The summed E-state index contributed by atoms with van der Waals surface area (Å²) in [4.78, 5) is 23.3. The van der Waals surface area contributed by atoms with Crippen molar-refractivity contribution < 1.29 is 32.9 Å². The van der Waals surface area contributed by atoms with Gasteiger partial charge in [0, 0.05) is 6.42 Å². The maximum absolute atomic E-state index is 13.0. The summed E-state index contributed by atoms with van der Waals surface area (Å²) in [6.07, 6.45) is 62.9. The number of hydrogen-bond donors (Lipinski definition) is 3. The van der Waals surface area contributed by atoms with Crippen molar-refractivity contribution >= 4 is 13.7 Å². The van der Waals surface area contributed by atoms with E-state index >= 15 is 0 Å². The van der Waals surface area contributed by atoms with Crippen LogP contribution in [0.5, 0.6) is 0 Å². The minimum absolute atomic E-state index is 0.0777. The van der Waals surface area contributed by atoms with Crippen LogP contribution >= 0.6 is 7.82 Å². The average Bonchev–Trinajstić information content (AvgIpc) is 3.30. The molecular weight excluding hydrogens is 864 g/mol. The van der Waals surface area contributed by atoms with Crippen molar-refractivity contribution in [3.63, 3.8) is 0 Å². The molecule has 3 atom stereocenters. The van der Waals surface area contributed by atoms with Crippen molar-refractivity contribution in [2.24, 2.45) is 0 Å². The van der Waals surface area contributed by atoms with E-state index in [1.165, 1.54) is 244 Å². The smallest absolute Gasteiger partial charge is 0.391 e. The lowest BCUT2D eigenvalue weighted by molar-refractivity contribution is -0.870. The number of phosphoric acid groups is 1. The van der Waals surface area contributed by atoms with Crippen LogP contribution in [0.15, 0.2) is 12.2 Å². The van der Waals surface area contributed by atoms with Crippen molar-refractivity contribution in [3.05, 3.63) is 12.2 Å². The van der Waals surface area contributed by atoms with E-state index < -0.39 is 20.0 Å². The van der Waals surface area contributed by atoms with Crippen molar-refractivity contribution in [3.8, 4) is 0 Å². The number of phosphoric ester groups is 1. The van der Waals surface area contributed by atoms with E-state index in [9.17, 15) is 19.4 Å². The summed E-state index contributed by atoms with van der Waals surface area (Å²) in [6.45, 7) is 4.93. The molecule has 0 bridgehead atoms. The van der Waals surface area contributed by atoms with Crippen LogP contribution in [0.1, 0.15) is 309 Å². The van der Waals surface area contributed by atoms with E-state index in [0.29, 0.717) is 23.9 Å². The number of allylic oxidation sites excluding steroid dienone is 2. The molecule has 0 saturated carbocycles. The highest BCUT2D eigenvalue weighted by molar-refractivity contribution is 7.47. The van der Waals surface area contributed by atoms with Gasteiger partial charge in [0.2, 0.25) is 5.91 Å². The standard InChI is InChI=1S/C59H119N2O6P/c1-6-8-10-12-14-16-18-20-22-23-24-25-26-27-28-29-30-31-32-33-34-35-36-37-38-39-41-43-45-47-49-51-53-59(63)60-57(56-67-68(64,65)66-55-54-61(3,4)5)58(62)52-50-48-46-44-42-40-21-19-17-15-13-11-9-7-2/h27-28,57-58,62H,6-26,29-56H2,1-5H3,(H-,60,63,64,65)/p+1/b28-27-. The van der Waals surface area contributed by atoms with E-state index in [1.54, 1.807) is 0 Å². The second-order valence-electron chi connectivity index (χ2n) is 22.1. The van der Waals surface area contributed by atoms with E-state index in [1.807, 2.05) is 21.1 Å². The normalized spacial score (nSPS) is 13.9. The summed E-state index contributed by atoms with van der Waals surface area (Å²) in [5.74, 6) is -0.139. The fourth-order valence-electron chi connectivity index (χ4n) is 9.28. The molecule has 0 spiro atoms. The monoisotopic (exact) mass is 984 g/mol. The molecule has 1 amide bonds. The van der Waals surface area contributed by atoms with Gasteiger partial charge in [-0.05, 0) is 38.5 Å². The first-order chi connectivity index (χ1) is 33.0. The van der Waals surface area contributed by atoms with E-state index in [0.717, 1.165) is 38.5 Å². The quantitative estimate of drug-likeness (QED) is 0.0243. The second kappa shape index (κ2) is 51.2. The lowest BCUT2D eigenvalue weighted by Gasteiger charge is -2.26. The number of aliphatic hydroxyl groups excluding tert-OH is 1. The van der Waals surface area contributed by atoms with Crippen molar-refractivity contribution in [2.45, 2.75) is 321 Å². The summed E-state index contributed by atoms with van der Waals surface area (Å²) < 4.78 is 23.8. The topological polar surface area (TPSA) is 105 Å². The van der Waals surface area contributed by atoms with Gasteiger partial charge in [0.05, 0.1) is 39.9 Å². The molecule has 0 rings (SSSR count). The Morgan fingerprint density at radius 1 is 0.485 bits per heavy atom. The second-order valence-corrected chi connectivity index (χ2v) is 23.5. The average molecular weight is 985 g/mol. The zero-order chi connectivity index (χ0) is 49.9. The Labute approximate surface area is 424 Å². The zero-order valence-corrected chi connectivity index (χ0v) is 47.3. The summed E-state index contributed by atoms with van der Waals surface area (Å²) in [6, 6.07) is -0.756. The summed E-state index contributed by atoms with van der Waals surface area (Å²) in [7, 11) is 1.63. The third-order valence-corrected chi connectivity index (χ3v) is 15.0. The Bertz CT molecular complexity index is 1120. The molecular formula is C59H120N2O6P+. The van der Waals surface area contributed by atoms with Crippen LogP contribution < -0.4 is 5.32 Å². The number of nitrogens with one attached hydrogen (secondary N) is 1. The number of quaternary nitrogens is 1. The van der Waals surface area contributed by atoms with Crippen molar-refractivity contribution in [1.82, 2.24) is 5.32 Å². The van der Waals surface area contributed by atoms with Gasteiger partial charge in [-0.3, -0.25) is 13.8 Å². The van der Waals surface area contributed by atoms with Gasteiger partial charge in [0.1, 0.15) is 13.2 Å². The predicted molar refractivity (Wildman–Crippen MR) is 295 cm³/mol. The van der Waals surface area contributed by atoms with E-state index in [2.05, 4.69) is 31.3 Å². The van der Waals surface area contributed by atoms with Gasteiger partial charge in [0.25, 0.3) is 0 Å². The largest absolute Gasteiger partial charge is 0.472 e. The number of nitrogens with zero attached hydrogens (tertiary/aromatic N) is 1. The number of hydrogen-bond acceptors (Lipinski definition) is 5. The minimum Gasteiger partial charge on any atom is -0.391 e. The number of carbonyl (C=O) groups is 1. The summed E-state index contributed by atoms with van der Waals surface area (Å²) >= 11 is 0. The van der Waals surface area contributed by atoms with Crippen LogP contribution in [0, 0.1) is 0 Å². The molecule has 9 heteroatoms. The van der Waals surface area contributed by atoms with Crippen LogP contribution in [0.25, 0.3) is 0 Å². The maximum Gasteiger partial charge on any atom is 0.472 e. The molecule has 3 N–H and O–H groups in total. The van der Waals surface area contributed by atoms with Gasteiger partial charge >= 0.3 is 7.82 Å². The van der Waals surface area contributed by atoms with Gasteiger partial charge in [-0.25, -0.2) is 4.57 Å². The molecule has 0 aromatic rings. The highest BCUT2D eigenvalue weighted by atomic mass is 31.2. The third-order valence-electron chi connectivity index (χ3n) is 14.0. The van der Waals surface area contributed by atoms with Crippen molar-refractivity contribution in [1.29, 1.82) is 0 Å². The number of carbonyl (C=O) groups excluding carboxylic acids is 1. The molecule has 8 nitrogen and oxygen atoms in total. The lowest BCUT2D eigenvalue weighted by atomic mass is 10.0. The highest BCUT2D eigenvalue weighted by Crippen LogP contribution is 2.43. The molecule has 0 heterocycles. The van der Waals surface area contributed by atoms with Crippen LogP contribution in [0.2, 0.25) is 0 Å².